The summed E-state index contributed by atoms with van der Waals surface area (Å²) in [6, 6.07) is 6.01. The van der Waals surface area contributed by atoms with Crippen molar-refractivity contribution in [1.82, 2.24) is 5.32 Å². The van der Waals surface area contributed by atoms with Gasteiger partial charge < -0.3 is 14.8 Å². The molecule has 3 heteroatoms. The van der Waals surface area contributed by atoms with Gasteiger partial charge in [-0.3, -0.25) is 0 Å². The minimum absolute atomic E-state index is 0.157. The molecule has 0 bridgehead atoms. The molecule has 0 aliphatic rings. The topological polar surface area (TPSA) is 30.5 Å². The molecular formula is C13H21NO2. The monoisotopic (exact) mass is 223 g/mol. The largest absolute Gasteiger partial charge is 0.493 e. The number of hydrogen-bond acceptors (Lipinski definition) is 3. The fourth-order valence-corrected chi connectivity index (χ4v) is 1.55. The van der Waals surface area contributed by atoms with Gasteiger partial charge in [0.05, 0.1) is 13.2 Å². The van der Waals surface area contributed by atoms with Crippen LogP contribution in [0.2, 0.25) is 0 Å². The summed E-state index contributed by atoms with van der Waals surface area (Å²) in [6.07, 6.45) is 1.10. The Morgan fingerprint density at radius 2 is 2.06 bits per heavy atom. The lowest BCUT2D eigenvalue weighted by atomic mass is 10.1. The second kappa shape index (κ2) is 6.38. The molecule has 90 valence electrons. The maximum atomic E-state index is 5.81. The van der Waals surface area contributed by atoms with Crippen LogP contribution in [0.4, 0.5) is 0 Å². The van der Waals surface area contributed by atoms with Crippen molar-refractivity contribution in [2.75, 3.05) is 20.7 Å². The molecule has 0 fully saturated rings. The van der Waals surface area contributed by atoms with Gasteiger partial charge in [-0.15, -0.1) is 0 Å². The number of ether oxygens (including phenoxy) is 2. The van der Waals surface area contributed by atoms with Gasteiger partial charge in [-0.05, 0) is 45.5 Å². The number of nitrogens with one attached hydrogen (secondary N) is 1. The average molecular weight is 223 g/mol. The average Bonchev–Trinajstić information content (AvgIpc) is 2.27. The molecule has 0 saturated heterocycles. The summed E-state index contributed by atoms with van der Waals surface area (Å²) in [5.74, 6) is 1.68. The molecular weight excluding hydrogens is 202 g/mol. The third kappa shape index (κ3) is 3.42. The molecule has 0 heterocycles. The molecule has 1 rings (SSSR count). The zero-order valence-electron chi connectivity index (χ0n) is 10.5. The van der Waals surface area contributed by atoms with Crippen molar-refractivity contribution >= 4 is 0 Å². The van der Waals surface area contributed by atoms with Crippen LogP contribution in [0.25, 0.3) is 0 Å². The molecule has 0 saturated carbocycles. The number of para-hydroxylation sites is 1. The molecule has 0 aliphatic carbocycles. The number of benzene rings is 1. The third-order valence-electron chi connectivity index (χ3n) is 2.28. The second-order valence-electron chi connectivity index (χ2n) is 3.97. The van der Waals surface area contributed by atoms with Crippen molar-refractivity contribution in [2.24, 2.45) is 0 Å². The number of methoxy groups -OCH3 is 1. The molecule has 0 atom stereocenters. The molecule has 1 aromatic carbocycles. The van der Waals surface area contributed by atoms with E-state index in [1.165, 1.54) is 5.56 Å². The molecule has 0 aliphatic heterocycles. The van der Waals surface area contributed by atoms with E-state index in [2.05, 4.69) is 11.4 Å². The quantitative estimate of drug-likeness (QED) is 0.802. The first-order chi connectivity index (χ1) is 7.69. The zero-order chi connectivity index (χ0) is 12.0. The highest BCUT2D eigenvalue weighted by atomic mass is 16.5. The van der Waals surface area contributed by atoms with Crippen molar-refractivity contribution in [3.8, 4) is 11.5 Å². The minimum atomic E-state index is 0.157. The lowest BCUT2D eigenvalue weighted by Crippen LogP contribution is -2.13. The SMILES string of the molecule is CNCCc1cccc(OC)c1OC(C)C. The van der Waals surface area contributed by atoms with Crippen LogP contribution in [0, 0.1) is 0 Å². The van der Waals surface area contributed by atoms with Gasteiger partial charge in [-0.2, -0.15) is 0 Å². The molecule has 16 heavy (non-hydrogen) atoms. The van der Waals surface area contributed by atoms with Crippen LogP contribution in [0.15, 0.2) is 18.2 Å². The fraction of sp³-hybridized carbons (Fsp3) is 0.538. The summed E-state index contributed by atoms with van der Waals surface area (Å²) in [4.78, 5) is 0. The van der Waals surface area contributed by atoms with E-state index < -0.39 is 0 Å². The molecule has 3 nitrogen and oxygen atoms in total. The van der Waals surface area contributed by atoms with Gasteiger partial charge in [0, 0.05) is 0 Å². The highest BCUT2D eigenvalue weighted by Crippen LogP contribution is 2.32. The van der Waals surface area contributed by atoms with Gasteiger partial charge in [0.15, 0.2) is 11.5 Å². The molecule has 1 aromatic rings. The third-order valence-corrected chi connectivity index (χ3v) is 2.28. The molecule has 0 radical (unpaired) electrons. The summed E-state index contributed by atoms with van der Waals surface area (Å²) < 4.78 is 11.1. The Labute approximate surface area is 97.8 Å². The number of hydrogen-bond donors (Lipinski definition) is 1. The van der Waals surface area contributed by atoms with Crippen LogP contribution in [0.3, 0.4) is 0 Å². The maximum Gasteiger partial charge on any atom is 0.164 e. The van der Waals surface area contributed by atoms with Crippen molar-refractivity contribution < 1.29 is 9.47 Å². The van der Waals surface area contributed by atoms with E-state index in [-0.39, 0.29) is 6.10 Å². The Bertz CT molecular complexity index is 324. The lowest BCUT2D eigenvalue weighted by molar-refractivity contribution is 0.227. The van der Waals surface area contributed by atoms with E-state index in [9.17, 15) is 0 Å². The van der Waals surface area contributed by atoms with Gasteiger partial charge in [0.2, 0.25) is 0 Å². The van der Waals surface area contributed by atoms with E-state index in [0.29, 0.717) is 0 Å². The summed E-state index contributed by atoms with van der Waals surface area (Å²) in [5.41, 5.74) is 1.18. The molecule has 0 spiro atoms. The summed E-state index contributed by atoms with van der Waals surface area (Å²) in [6.45, 7) is 4.98. The fourth-order valence-electron chi connectivity index (χ4n) is 1.55. The Morgan fingerprint density at radius 1 is 1.31 bits per heavy atom. The molecule has 0 amide bonds. The maximum absolute atomic E-state index is 5.81. The number of rotatable bonds is 6. The molecule has 0 aromatic heterocycles. The predicted octanol–water partition coefficient (Wildman–Crippen LogP) is 2.24. The van der Waals surface area contributed by atoms with Crippen LogP contribution in [-0.2, 0) is 6.42 Å². The first-order valence-electron chi connectivity index (χ1n) is 5.66. The van der Waals surface area contributed by atoms with Crippen LogP contribution >= 0.6 is 0 Å². The van der Waals surface area contributed by atoms with E-state index in [0.717, 1.165) is 24.5 Å². The van der Waals surface area contributed by atoms with Crippen LogP contribution in [0.1, 0.15) is 19.4 Å². The highest BCUT2D eigenvalue weighted by Gasteiger charge is 2.11. The van der Waals surface area contributed by atoms with Crippen LogP contribution in [-0.4, -0.2) is 26.8 Å². The Kier molecular flexibility index (Phi) is 5.12. The Morgan fingerprint density at radius 3 is 2.62 bits per heavy atom. The molecule has 0 unspecified atom stereocenters. The predicted molar refractivity (Wildman–Crippen MR) is 66.4 cm³/mol. The highest BCUT2D eigenvalue weighted by molar-refractivity contribution is 5.46. The lowest BCUT2D eigenvalue weighted by Gasteiger charge is -2.17. The van der Waals surface area contributed by atoms with Crippen molar-refractivity contribution in [3.63, 3.8) is 0 Å². The van der Waals surface area contributed by atoms with Crippen molar-refractivity contribution in [1.29, 1.82) is 0 Å². The molecule has 1 N–H and O–H groups in total. The summed E-state index contributed by atoms with van der Waals surface area (Å²) in [7, 11) is 3.62. The van der Waals surface area contributed by atoms with Gasteiger partial charge in [-0.1, -0.05) is 12.1 Å². The van der Waals surface area contributed by atoms with Gasteiger partial charge in [0.25, 0.3) is 0 Å². The van der Waals surface area contributed by atoms with E-state index in [1.54, 1.807) is 7.11 Å². The van der Waals surface area contributed by atoms with E-state index in [1.807, 2.05) is 33.0 Å². The van der Waals surface area contributed by atoms with Gasteiger partial charge in [0.1, 0.15) is 0 Å². The van der Waals surface area contributed by atoms with Crippen LogP contribution < -0.4 is 14.8 Å². The standard InChI is InChI=1S/C13H21NO2/c1-10(2)16-13-11(8-9-14-3)6-5-7-12(13)15-4/h5-7,10,14H,8-9H2,1-4H3. The number of likely N-dealkylation sites (N-methyl/N-ethyl adjacent to an activating group) is 1. The Hall–Kier alpha value is -1.22. The van der Waals surface area contributed by atoms with Crippen molar-refractivity contribution in [2.45, 2.75) is 26.4 Å². The minimum Gasteiger partial charge on any atom is -0.493 e. The van der Waals surface area contributed by atoms with Crippen LogP contribution in [0.5, 0.6) is 11.5 Å². The van der Waals surface area contributed by atoms with Gasteiger partial charge in [-0.25, -0.2) is 0 Å². The first-order valence-corrected chi connectivity index (χ1v) is 5.66. The first kappa shape index (κ1) is 12.8. The summed E-state index contributed by atoms with van der Waals surface area (Å²) >= 11 is 0. The Balaban J connectivity index is 2.95. The normalized spacial score (nSPS) is 10.6. The smallest absolute Gasteiger partial charge is 0.164 e. The van der Waals surface area contributed by atoms with Crippen molar-refractivity contribution in [3.05, 3.63) is 23.8 Å². The zero-order valence-corrected chi connectivity index (χ0v) is 10.5. The van der Waals surface area contributed by atoms with Gasteiger partial charge >= 0.3 is 0 Å². The second-order valence-corrected chi connectivity index (χ2v) is 3.97. The van der Waals surface area contributed by atoms with E-state index in [4.69, 9.17) is 9.47 Å². The van der Waals surface area contributed by atoms with E-state index >= 15 is 0 Å². The summed E-state index contributed by atoms with van der Waals surface area (Å²) in [5, 5.41) is 3.14.